The average Bonchev–Trinajstić information content (AvgIpc) is 2.06. The zero-order valence-electron chi connectivity index (χ0n) is 5.58. The van der Waals surface area contributed by atoms with E-state index >= 15 is 0 Å². The molecule has 1 radical (unpaired) electrons. The number of hydrogen-bond donors (Lipinski definition) is 0. The predicted molar refractivity (Wildman–Crippen MR) is 43.4 cm³/mol. The Morgan fingerprint density at radius 1 is 1.18 bits per heavy atom. The van der Waals surface area contributed by atoms with Crippen molar-refractivity contribution in [2.75, 3.05) is 0 Å². The molecule has 0 saturated heterocycles. The summed E-state index contributed by atoms with van der Waals surface area (Å²) in [6, 6.07) is 6.31. The SMILES string of the molecule is Clc1c[c]cc2nccnc12. The van der Waals surface area contributed by atoms with Gasteiger partial charge in [0.1, 0.15) is 5.52 Å². The van der Waals surface area contributed by atoms with E-state index in [0.717, 1.165) is 11.0 Å². The quantitative estimate of drug-likeness (QED) is 0.594. The van der Waals surface area contributed by atoms with E-state index in [1.807, 2.05) is 0 Å². The monoisotopic (exact) mass is 163 g/mol. The fraction of sp³-hybridized carbons (Fsp3) is 0. The molecule has 1 aromatic carbocycles. The van der Waals surface area contributed by atoms with E-state index in [9.17, 15) is 0 Å². The number of aromatic nitrogens is 2. The first kappa shape index (κ1) is 6.55. The fourth-order valence-electron chi connectivity index (χ4n) is 0.901. The molecule has 0 unspecified atom stereocenters. The topological polar surface area (TPSA) is 25.8 Å². The molecule has 2 aromatic rings. The van der Waals surface area contributed by atoms with E-state index in [-0.39, 0.29) is 0 Å². The summed E-state index contributed by atoms with van der Waals surface area (Å²) in [6.07, 6.45) is 3.25. The summed E-state index contributed by atoms with van der Waals surface area (Å²) < 4.78 is 0. The van der Waals surface area contributed by atoms with Crippen LogP contribution in [0, 0.1) is 6.07 Å². The Hall–Kier alpha value is -1.15. The maximum absolute atomic E-state index is 5.82. The molecule has 0 amide bonds. The molecule has 2 nitrogen and oxygen atoms in total. The van der Waals surface area contributed by atoms with Crippen LogP contribution in [-0.4, -0.2) is 9.97 Å². The highest BCUT2D eigenvalue weighted by Crippen LogP contribution is 2.17. The van der Waals surface area contributed by atoms with Crippen LogP contribution in [0.1, 0.15) is 0 Å². The van der Waals surface area contributed by atoms with Crippen molar-refractivity contribution in [3.8, 4) is 0 Å². The third-order valence-corrected chi connectivity index (χ3v) is 1.67. The van der Waals surface area contributed by atoms with E-state index in [4.69, 9.17) is 11.6 Å². The smallest absolute Gasteiger partial charge is 0.107 e. The minimum Gasteiger partial charge on any atom is -0.253 e. The number of nitrogens with zero attached hydrogens (tertiary/aromatic N) is 2. The van der Waals surface area contributed by atoms with E-state index in [0.29, 0.717) is 5.02 Å². The maximum Gasteiger partial charge on any atom is 0.107 e. The number of fused-ring (bicyclic) bond motifs is 1. The van der Waals surface area contributed by atoms with Crippen LogP contribution >= 0.6 is 11.6 Å². The standard InChI is InChI=1S/C8H4ClN2/c9-6-2-1-3-7-8(6)11-5-4-10-7/h2-5H. The average molecular weight is 164 g/mol. The lowest BCUT2D eigenvalue weighted by molar-refractivity contribution is 1.29. The van der Waals surface area contributed by atoms with Crippen molar-refractivity contribution in [3.63, 3.8) is 0 Å². The van der Waals surface area contributed by atoms with Gasteiger partial charge in [0, 0.05) is 12.4 Å². The highest BCUT2D eigenvalue weighted by atomic mass is 35.5. The van der Waals surface area contributed by atoms with E-state index in [2.05, 4.69) is 16.0 Å². The van der Waals surface area contributed by atoms with E-state index in [1.54, 1.807) is 24.5 Å². The Kier molecular flexibility index (Phi) is 1.47. The summed E-state index contributed by atoms with van der Waals surface area (Å²) in [6.45, 7) is 0. The first-order chi connectivity index (χ1) is 5.38. The molecule has 0 N–H and O–H groups in total. The summed E-state index contributed by atoms with van der Waals surface area (Å²) in [5.41, 5.74) is 1.51. The second-order valence-electron chi connectivity index (χ2n) is 2.09. The number of benzene rings is 1. The zero-order valence-corrected chi connectivity index (χ0v) is 6.34. The van der Waals surface area contributed by atoms with Crippen molar-refractivity contribution in [1.29, 1.82) is 0 Å². The molecule has 0 aliphatic heterocycles. The molecular weight excluding hydrogens is 160 g/mol. The normalized spacial score (nSPS) is 10.3. The number of rotatable bonds is 0. The number of halogens is 1. The van der Waals surface area contributed by atoms with Gasteiger partial charge in [-0.15, -0.1) is 0 Å². The van der Waals surface area contributed by atoms with Gasteiger partial charge in [0.15, 0.2) is 0 Å². The largest absolute Gasteiger partial charge is 0.253 e. The second-order valence-corrected chi connectivity index (χ2v) is 2.50. The van der Waals surface area contributed by atoms with Gasteiger partial charge in [0.2, 0.25) is 0 Å². The molecule has 0 atom stereocenters. The highest BCUT2D eigenvalue weighted by molar-refractivity contribution is 6.34. The van der Waals surface area contributed by atoms with Crippen LogP contribution < -0.4 is 0 Å². The summed E-state index contributed by atoms with van der Waals surface area (Å²) >= 11 is 5.82. The molecule has 0 aliphatic carbocycles. The molecule has 0 bridgehead atoms. The van der Waals surface area contributed by atoms with Crippen molar-refractivity contribution >= 4 is 22.6 Å². The summed E-state index contributed by atoms with van der Waals surface area (Å²) in [5, 5.41) is 0.593. The number of hydrogen-bond acceptors (Lipinski definition) is 2. The van der Waals surface area contributed by atoms with E-state index in [1.165, 1.54) is 0 Å². The Bertz CT molecular complexity index is 381. The molecule has 0 spiro atoms. The first-order valence-corrected chi connectivity index (χ1v) is 3.52. The molecule has 0 fully saturated rings. The zero-order chi connectivity index (χ0) is 7.68. The van der Waals surface area contributed by atoms with Gasteiger partial charge in [-0.1, -0.05) is 11.6 Å². The van der Waals surface area contributed by atoms with Gasteiger partial charge in [-0.2, -0.15) is 0 Å². The third kappa shape index (κ3) is 1.05. The van der Waals surface area contributed by atoms with Crippen LogP contribution in [0.15, 0.2) is 24.5 Å². The molecule has 53 valence electrons. The second kappa shape index (κ2) is 2.47. The maximum atomic E-state index is 5.82. The molecule has 0 aliphatic rings. The van der Waals surface area contributed by atoms with Crippen molar-refractivity contribution in [3.05, 3.63) is 35.6 Å². The van der Waals surface area contributed by atoms with Crippen molar-refractivity contribution < 1.29 is 0 Å². The van der Waals surface area contributed by atoms with Gasteiger partial charge in [-0.25, -0.2) is 0 Å². The van der Waals surface area contributed by atoms with Gasteiger partial charge < -0.3 is 0 Å². The minimum absolute atomic E-state index is 0.593. The molecule has 0 saturated carbocycles. The van der Waals surface area contributed by atoms with Crippen molar-refractivity contribution in [2.45, 2.75) is 0 Å². The highest BCUT2D eigenvalue weighted by Gasteiger charge is 1.97. The van der Waals surface area contributed by atoms with Crippen LogP contribution in [0.2, 0.25) is 5.02 Å². The van der Waals surface area contributed by atoms with Crippen LogP contribution in [0.3, 0.4) is 0 Å². The summed E-state index contributed by atoms with van der Waals surface area (Å²) in [5.74, 6) is 0. The van der Waals surface area contributed by atoms with Crippen molar-refractivity contribution in [1.82, 2.24) is 9.97 Å². The predicted octanol–water partition coefficient (Wildman–Crippen LogP) is 2.08. The van der Waals surface area contributed by atoms with Gasteiger partial charge in [-0.3, -0.25) is 9.97 Å². The molecule has 2 rings (SSSR count). The lowest BCUT2D eigenvalue weighted by atomic mass is 10.3. The van der Waals surface area contributed by atoms with Crippen LogP contribution in [0.25, 0.3) is 11.0 Å². The van der Waals surface area contributed by atoms with Gasteiger partial charge in [0.05, 0.1) is 10.5 Å². The fourth-order valence-corrected chi connectivity index (χ4v) is 1.11. The Morgan fingerprint density at radius 3 is 2.82 bits per heavy atom. The van der Waals surface area contributed by atoms with E-state index < -0.39 is 0 Å². The molecule has 3 heteroatoms. The molecule has 1 heterocycles. The Labute approximate surface area is 68.9 Å². The van der Waals surface area contributed by atoms with Crippen LogP contribution in [-0.2, 0) is 0 Å². The lowest BCUT2D eigenvalue weighted by Crippen LogP contribution is -1.81. The lowest BCUT2D eigenvalue weighted by Gasteiger charge is -1.94. The van der Waals surface area contributed by atoms with Crippen LogP contribution in [0.4, 0.5) is 0 Å². The summed E-state index contributed by atoms with van der Waals surface area (Å²) in [4.78, 5) is 8.13. The minimum atomic E-state index is 0.593. The molecule has 11 heavy (non-hydrogen) atoms. The Balaban J connectivity index is 2.91. The first-order valence-electron chi connectivity index (χ1n) is 3.14. The summed E-state index contributed by atoms with van der Waals surface area (Å²) in [7, 11) is 0. The Morgan fingerprint density at radius 2 is 2.00 bits per heavy atom. The molecule has 1 aromatic heterocycles. The van der Waals surface area contributed by atoms with Gasteiger partial charge in [-0.05, 0) is 18.2 Å². The van der Waals surface area contributed by atoms with Crippen LogP contribution in [0.5, 0.6) is 0 Å². The van der Waals surface area contributed by atoms with Gasteiger partial charge >= 0.3 is 0 Å². The third-order valence-electron chi connectivity index (χ3n) is 1.38. The van der Waals surface area contributed by atoms with Crippen molar-refractivity contribution in [2.24, 2.45) is 0 Å². The van der Waals surface area contributed by atoms with Gasteiger partial charge in [0.25, 0.3) is 0 Å². The molecular formula is C8H4ClN2.